The quantitative estimate of drug-likeness (QED) is 0.837. The van der Waals surface area contributed by atoms with Crippen LogP contribution in [0.15, 0.2) is 18.2 Å². The maximum Gasteiger partial charge on any atom is 0.251 e. The lowest BCUT2D eigenvalue weighted by molar-refractivity contribution is 0.0949. The van der Waals surface area contributed by atoms with E-state index in [0.29, 0.717) is 0 Å². The van der Waals surface area contributed by atoms with E-state index >= 15 is 0 Å². The van der Waals surface area contributed by atoms with Crippen LogP contribution >= 0.6 is 0 Å². The number of nitrogens with one attached hydrogen (secondary N) is 2. The fourth-order valence-electron chi connectivity index (χ4n) is 2.63. The molecule has 0 radical (unpaired) electrons. The SMILES string of the molecule is CCNc1ccc(C(=O)NCCN2CCCC2)cc1C. The minimum absolute atomic E-state index is 0.0235. The maximum absolute atomic E-state index is 12.1. The van der Waals surface area contributed by atoms with E-state index in [9.17, 15) is 4.79 Å². The summed E-state index contributed by atoms with van der Waals surface area (Å²) in [6.07, 6.45) is 2.58. The van der Waals surface area contributed by atoms with Crippen LogP contribution in [0.5, 0.6) is 0 Å². The Morgan fingerprint density at radius 1 is 1.30 bits per heavy atom. The van der Waals surface area contributed by atoms with Crippen LogP contribution in [-0.4, -0.2) is 43.5 Å². The summed E-state index contributed by atoms with van der Waals surface area (Å²) in [5.41, 5.74) is 2.95. The highest BCUT2D eigenvalue weighted by Crippen LogP contribution is 2.16. The highest BCUT2D eigenvalue weighted by Gasteiger charge is 2.12. The molecule has 1 saturated heterocycles. The lowest BCUT2D eigenvalue weighted by Gasteiger charge is -2.15. The number of rotatable bonds is 6. The minimum Gasteiger partial charge on any atom is -0.385 e. The Bertz CT molecular complexity index is 453. The number of carbonyl (C=O) groups excluding carboxylic acids is 1. The molecule has 0 spiro atoms. The smallest absolute Gasteiger partial charge is 0.251 e. The molecule has 0 bridgehead atoms. The van der Waals surface area contributed by atoms with Crippen molar-refractivity contribution in [1.29, 1.82) is 0 Å². The van der Waals surface area contributed by atoms with Crippen molar-refractivity contribution in [1.82, 2.24) is 10.2 Å². The highest BCUT2D eigenvalue weighted by molar-refractivity contribution is 5.94. The number of nitrogens with zero attached hydrogens (tertiary/aromatic N) is 1. The van der Waals surface area contributed by atoms with Crippen molar-refractivity contribution >= 4 is 11.6 Å². The minimum atomic E-state index is 0.0235. The van der Waals surface area contributed by atoms with Crippen LogP contribution in [0.4, 0.5) is 5.69 Å². The zero-order valence-electron chi connectivity index (χ0n) is 12.5. The fourth-order valence-corrected chi connectivity index (χ4v) is 2.63. The molecule has 0 unspecified atom stereocenters. The van der Waals surface area contributed by atoms with Gasteiger partial charge in [0.2, 0.25) is 0 Å². The van der Waals surface area contributed by atoms with Crippen molar-refractivity contribution in [3.8, 4) is 0 Å². The van der Waals surface area contributed by atoms with E-state index in [1.165, 1.54) is 25.9 Å². The molecule has 110 valence electrons. The van der Waals surface area contributed by atoms with Crippen molar-refractivity contribution in [2.24, 2.45) is 0 Å². The van der Waals surface area contributed by atoms with Crippen LogP contribution in [0.3, 0.4) is 0 Å². The molecule has 4 heteroatoms. The Morgan fingerprint density at radius 2 is 2.05 bits per heavy atom. The normalized spacial score (nSPS) is 15.3. The Hall–Kier alpha value is -1.55. The standard InChI is InChI=1S/C16H25N3O/c1-3-17-15-7-6-14(12-13(15)2)16(20)18-8-11-19-9-4-5-10-19/h6-7,12,17H,3-5,8-11H2,1-2H3,(H,18,20). The second-order valence-electron chi connectivity index (χ2n) is 5.36. The lowest BCUT2D eigenvalue weighted by Crippen LogP contribution is -2.33. The van der Waals surface area contributed by atoms with Crippen molar-refractivity contribution in [3.05, 3.63) is 29.3 Å². The van der Waals surface area contributed by atoms with E-state index in [1.807, 2.05) is 25.1 Å². The fraction of sp³-hybridized carbons (Fsp3) is 0.562. The van der Waals surface area contributed by atoms with Gasteiger partial charge in [-0.25, -0.2) is 0 Å². The number of anilines is 1. The van der Waals surface area contributed by atoms with Gasteiger partial charge in [0.05, 0.1) is 0 Å². The van der Waals surface area contributed by atoms with Gasteiger partial charge < -0.3 is 15.5 Å². The summed E-state index contributed by atoms with van der Waals surface area (Å²) in [6, 6.07) is 5.81. The molecule has 0 aliphatic carbocycles. The molecule has 0 atom stereocenters. The molecule has 1 heterocycles. The van der Waals surface area contributed by atoms with E-state index < -0.39 is 0 Å². The molecular weight excluding hydrogens is 250 g/mol. The zero-order chi connectivity index (χ0) is 14.4. The van der Waals surface area contributed by atoms with Crippen LogP contribution in [0, 0.1) is 6.92 Å². The number of benzene rings is 1. The second kappa shape index (κ2) is 7.29. The third kappa shape index (κ3) is 3.97. The van der Waals surface area contributed by atoms with Crippen molar-refractivity contribution in [3.63, 3.8) is 0 Å². The van der Waals surface area contributed by atoms with Gasteiger partial charge in [-0.2, -0.15) is 0 Å². The lowest BCUT2D eigenvalue weighted by atomic mass is 10.1. The van der Waals surface area contributed by atoms with Gasteiger partial charge in [-0.15, -0.1) is 0 Å². The molecule has 1 aliphatic rings. The first-order valence-electron chi connectivity index (χ1n) is 7.56. The molecule has 20 heavy (non-hydrogen) atoms. The van der Waals surface area contributed by atoms with Crippen molar-refractivity contribution in [2.75, 3.05) is 38.0 Å². The molecule has 0 saturated carbocycles. The number of amides is 1. The molecule has 2 N–H and O–H groups in total. The van der Waals surface area contributed by atoms with Gasteiger partial charge in [0.25, 0.3) is 5.91 Å². The molecule has 1 aromatic carbocycles. The summed E-state index contributed by atoms with van der Waals surface area (Å²) >= 11 is 0. The molecule has 2 rings (SSSR count). The molecule has 0 aromatic heterocycles. The largest absolute Gasteiger partial charge is 0.385 e. The Morgan fingerprint density at radius 3 is 2.70 bits per heavy atom. The molecule has 1 amide bonds. The summed E-state index contributed by atoms with van der Waals surface area (Å²) in [7, 11) is 0. The van der Waals surface area contributed by atoms with Crippen LogP contribution in [0.1, 0.15) is 35.7 Å². The first-order chi connectivity index (χ1) is 9.70. The van der Waals surface area contributed by atoms with Crippen LogP contribution in [0.25, 0.3) is 0 Å². The van der Waals surface area contributed by atoms with Crippen LogP contribution in [0.2, 0.25) is 0 Å². The van der Waals surface area contributed by atoms with Gasteiger partial charge >= 0.3 is 0 Å². The number of hydrogen-bond donors (Lipinski definition) is 2. The molecule has 1 aliphatic heterocycles. The Balaban J connectivity index is 1.83. The van der Waals surface area contributed by atoms with E-state index in [1.54, 1.807) is 0 Å². The zero-order valence-corrected chi connectivity index (χ0v) is 12.5. The topological polar surface area (TPSA) is 44.4 Å². The molecular formula is C16H25N3O. The van der Waals surface area contributed by atoms with Crippen LogP contribution < -0.4 is 10.6 Å². The average Bonchev–Trinajstić information content (AvgIpc) is 2.94. The third-order valence-corrected chi connectivity index (χ3v) is 3.77. The van der Waals surface area contributed by atoms with Gasteiger partial charge in [-0.1, -0.05) is 0 Å². The summed E-state index contributed by atoms with van der Waals surface area (Å²) < 4.78 is 0. The molecule has 4 nitrogen and oxygen atoms in total. The van der Waals surface area contributed by atoms with Gasteiger partial charge in [0.1, 0.15) is 0 Å². The van der Waals surface area contributed by atoms with Gasteiger partial charge in [-0.05, 0) is 63.5 Å². The predicted octanol–water partition coefficient (Wildman–Crippen LogP) is 2.25. The third-order valence-electron chi connectivity index (χ3n) is 3.77. The first kappa shape index (κ1) is 14.9. The van der Waals surface area contributed by atoms with E-state index in [0.717, 1.165) is 36.4 Å². The molecule has 1 aromatic rings. The monoisotopic (exact) mass is 275 g/mol. The predicted molar refractivity (Wildman–Crippen MR) is 83.3 cm³/mol. The van der Waals surface area contributed by atoms with Gasteiger partial charge in [0, 0.05) is 30.9 Å². The maximum atomic E-state index is 12.1. The van der Waals surface area contributed by atoms with Gasteiger partial charge in [0.15, 0.2) is 0 Å². The Kier molecular flexibility index (Phi) is 5.41. The van der Waals surface area contributed by atoms with E-state index in [-0.39, 0.29) is 5.91 Å². The number of likely N-dealkylation sites (tertiary alicyclic amines) is 1. The summed E-state index contributed by atoms with van der Waals surface area (Å²) in [5, 5.41) is 6.29. The van der Waals surface area contributed by atoms with E-state index in [4.69, 9.17) is 0 Å². The number of carbonyl (C=O) groups is 1. The van der Waals surface area contributed by atoms with E-state index in [2.05, 4.69) is 22.5 Å². The molecule has 1 fully saturated rings. The van der Waals surface area contributed by atoms with Gasteiger partial charge in [-0.3, -0.25) is 4.79 Å². The first-order valence-corrected chi connectivity index (χ1v) is 7.56. The summed E-state index contributed by atoms with van der Waals surface area (Å²) in [6.45, 7) is 9.02. The van der Waals surface area contributed by atoms with Crippen molar-refractivity contribution < 1.29 is 4.79 Å². The number of hydrogen-bond acceptors (Lipinski definition) is 3. The average molecular weight is 275 g/mol. The summed E-state index contributed by atoms with van der Waals surface area (Å²) in [5.74, 6) is 0.0235. The van der Waals surface area contributed by atoms with Crippen LogP contribution in [-0.2, 0) is 0 Å². The summed E-state index contributed by atoms with van der Waals surface area (Å²) in [4.78, 5) is 14.5. The second-order valence-corrected chi connectivity index (χ2v) is 5.36. The highest BCUT2D eigenvalue weighted by atomic mass is 16.1. The van der Waals surface area contributed by atoms with Crippen molar-refractivity contribution in [2.45, 2.75) is 26.7 Å². The Labute approximate surface area is 121 Å². The number of aryl methyl sites for hydroxylation is 1.